The van der Waals surface area contributed by atoms with Gasteiger partial charge in [-0.1, -0.05) is 46.3 Å². The van der Waals surface area contributed by atoms with Crippen LogP contribution in [-0.4, -0.2) is 14.6 Å². The third kappa shape index (κ3) is 3.27. The van der Waals surface area contributed by atoms with E-state index >= 15 is 0 Å². The minimum absolute atomic E-state index is 0.179. The summed E-state index contributed by atoms with van der Waals surface area (Å²) in [4.78, 5) is 0.179. The van der Waals surface area contributed by atoms with Gasteiger partial charge in [0.25, 0.3) is 10.0 Å². The normalized spacial score (nSPS) is 11.8. The molecule has 3 nitrogen and oxygen atoms in total. The second-order valence-corrected chi connectivity index (χ2v) is 6.12. The molecule has 92 valence electrons. The van der Waals surface area contributed by atoms with E-state index in [0.29, 0.717) is 0 Å². The molecule has 0 N–H and O–H groups in total. The van der Waals surface area contributed by atoms with Crippen LogP contribution in [0.25, 0.3) is 0 Å². The van der Waals surface area contributed by atoms with Gasteiger partial charge in [-0.2, -0.15) is 12.8 Å². The monoisotopic (exact) mass is 323 g/mol. The minimum Gasteiger partial charge on any atom is -0.199 e. The average Bonchev–Trinajstić information content (AvgIpc) is 2.38. The van der Waals surface area contributed by atoms with Gasteiger partial charge in [-0.3, -0.25) is 0 Å². The number of rotatable bonds is 3. The van der Waals surface area contributed by atoms with Crippen LogP contribution in [0, 0.1) is 0 Å². The van der Waals surface area contributed by atoms with Crippen molar-refractivity contribution in [2.24, 2.45) is 4.40 Å². The van der Waals surface area contributed by atoms with Crippen molar-refractivity contribution < 1.29 is 8.42 Å². The first-order chi connectivity index (χ1) is 8.58. The predicted molar refractivity (Wildman–Crippen MR) is 75.4 cm³/mol. The lowest BCUT2D eigenvalue weighted by Gasteiger charge is -1.98. The van der Waals surface area contributed by atoms with Crippen molar-refractivity contribution in [1.29, 1.82) is 0 Å². The number of hydrogen-bond acceptors (Lipinski definition) is 2. The molecule has 0 aromatic heterocycles. The highest BCUT2D eigenvalue weighted by atomic mass is 79.9. The van der Waals surface area contributed by atoms with Crippen molar-refractivity contribution in [1.82, 2.24) is 0 Å². The quantitative estimate of drug-likeness (QED) is 0.814. The first-order valence-corrected chi connectivity index (χ1v) is 7.42. The fraction of sp³-hybridized carbons (Fsp3) is 0. The van der Waals surface area contributed by atoms with E-state index in [2.05, 4.69) is 20.3 Å². The van der Waals surface area contributed by atoms with Gasteiger partial charge < -0.3 is 0 Å². The van der Waals surface area contributed by atoms with Crippen LogP contribution in [0.3, 0.4) is 0 Å². The molecular weight excluding hydrogens is 314 g/mol. The maximum absolute atomic E-state index is 11.9. The standard InChI is InChI=1S/C13H10BrNO2S/c14-12-6-8-13(9-7-12)18(16,17)15-10-11-4-2-1-3-5-11/h1-10H/b15-10+. The molecule has 0 saturated carbocycles. The summed E-state index contributed by atoms with van der Waals surface area (Å²) >= 11 is 3.25. The highest BCUT2D eigenvalue weighted by Gasteiger charge is 2.10. The molecule has 0 radical (unpaired) electrons. The lowest BCUT2D eigenvalue weighted by molar-refractivity contribution is 0.598. The van der Waals surface area contributed by atoms with E-state index in [1.54, 1.807) is 24.3 Å². The topological polar surface area (TPSA) is 46.5 Å². The number of hydrogen-bond donors (Lipinski definition) is 0. The summed E-state index contributed by atoms with van der Waals surface area (Å²) in [5, 5.41) is 0. The molecule has 5 heteroatoms. The molecule has 18 heavy (non-hydrogen) atoms. The maximum Gasteiger partial charge on any atom is 0.282 e. The van der Waals surface area contributed by atoms with Crippen LogP contribution in [0.4, 0.5) is 0 Å². The fourth-order valence-corrected chi connectivity index (χ4v) is 2.46. The molecule has 0 spiro atoms. The van der Waals surface area contributed by atoms with Crippen molar-refractivity contribution in [2.45, 2.75) is 4.90 Å². The molecule has 0 unspecified atom stereocenters. The van der Waals surface area contributed by atoms with Gasteiger partial charge in [0, 0.05) is 10.7 Å². The van der Waals surface area contributed by atoms with Crippen molar-refractivity contribution >= 4 is 32.2 Å². The molecule has 0 aliphatic rings. The number of benzene rings is 2. The zero-order valence-corrected chi connectivity index (χ0v) is 11.7. The van der Waals surface area contributed by atoms with Gasteiger partial charge in [-0.05, 0) is 29.8 Å². The third-order valence-corrected chi connectivity index (χ3v) is 4.03. The number of nitrogens with zero attached hydrogens (tertiary/aromatic N) is 1. The van der Waals surface area contributed by atoms with Gasteiger partial charge in [-0.15, -0.1) is 0 Å². The molecule has 0 saturated heterocycles. The molecule has 0 aliphatic heterocycles. The van der Waals surface area contributed by atoms with Crippen molar-refractivity contribution in [3.63, 3.8) is 0 Å². The summed E-state index contributed by atoms with van der Waals surface area (Å²) in [5.41, 5.74) is 0.748. The van der Waals surface area contributed by atoms with E-state index in [0.717, 1.165) is 10.0 Å². The second kappa shape index (κ2) is 5.46. The van der Waals surface area contributed by atoms with Gasteiger partial charge in [-0.25, -0.2) is 0 Å². The second-order valence-electron chi connectivity index (χ2n) is 3.57. The number of halogens is 1. The van der Waals surface area contributed by atoms with E-state index in [1.165, 1.54) is 18.3 Å². The zero-order valence-electron chi connectivity index (χ0n) is 9.32. The van der Waals surface area contributed by atoms with Gasteiger partial charge in [0.1, 0.15) is 0 Å². The van der Waals surface area contributed by atoms with E-state index in [9.17, 15) is 8.42 Å². The highest BCUT2D eigenvalue weighted by molar-refractivity contribution is 9.10. The highest BCUT2D eigenvalue weighted by Crippen LogP contribution is 2.16. The van der Waals surface area contributed by atoms with Crippen molar-refractivity contribution in [3.05, 3.63) is 64.6 Å². The van der Waals surface area contributed by atoms with Crippen molar-refractivity contribution in [3.8, 4) is 0 Å². The molecule has 0 heterocycles. The van der Waals surface area contributed by atoms with Crippen LogP contribution in [0.5, 0.6) is 0 Å². The Morgan fingerprint density at radius 1 is 0.944 bits per heavy atom. The Morgan fingerprint density at radius 3 is 2.17 bits per heavy atom. The number of sulfonamides is 1. The molecule has 2 aromatic carbocycles. The molecule has 2 aromatic rings. The first kappa shape index (κ1) is 13.0. The first-order valence-electron chi connectivity index (χ1n) is 5.19. The zero-order chi connectivity index (χ0) is 13.0. The molecule has 2 rings (SSSR count). The summed E-state index contributed by atoms with van der Waals surface area (Å²) in [6.45, 7) is 0. The van der Waals surface area contributed by atoms with Crippen LogP contribution in [0.2, 0.25) is 0 Å². The van der Waals surface area contributed by atoms with Gasteiger partial charge >= 0.3 is 0 Å². The fourth-order valence-electron chi connectivity index (χ4n) is 1.34. The summed E-state index contributed by atoms with van der Waals surface area (Å²) in [6, 6.07) is 15.5. The van der Waals surface area contributed by atoms with Crippen LogP contribution in [-0.2, 0) is 10.0 Å². The molecular formula is C13H10BrNO2S. The van der Waals surface area contributed by atoms with E-state index in [1.807, 2.05) is 18.2 Å². The van der Waals surface area contributed by atoms with Gasteiger partial charge in [0.15, 0.2) is 0 Å². The predicted octanol–water partition coefficient (Wildman–Crippen LogP) is 3.26. The molecule has 0 aliphatic carbocycles. The molecule has 0 bridgehead atoms. The largest absolute Gasteiger partial charge is 0.282 e. The lowest BCUT2D eigenvalue weighted by Crippen LogP contribution is -1.97. The van der Waals surface area contributed by atoms with Gasteiger partial charge in [0.05, 0.1) is 4.90 Å². The van der Waals surface area contributed by atoms with Gasteiger partial charge in [0.2, 0.25) is 0 Å². The summed E-state index contributed by atoms with van der Waals surface area (Å²) < 4.78 is 28.3. The van der Waals surface area contributed by atoms with E-state index in [-0.39, 0.29) is 4.90 Å². The maximum atomic E-state index is 11.9. The minimum atomic E-state index is -3.63. The Bertz CT molecular complexity index is 649. The summed E-state index contributed by atoms with van der Waals surface area (Å²) in [6.07, 6.45) is 1.34. The third-order valence-electron chi connectivity index (χ3n) is 2.25. The van der Waals surface area contributed by atoms with Crippen LogP contribution in [0.15, 0.2) is 68.4 Å². The Labute approximate surface area is 114 Å². The van der Waals surface area contributed by atoms with Crippen molar-refractivity contribution in [2.75, 3.05) is 0 Å². The average molecular weight is 324 g/mol. The Kier molecular flexibility index (Phi) is 3.93. The molecule has 0 atom stereocenters. The van der Waals surface area contributed by atoms with E-state index < -0.39 is 10.0 Å². The Morgan fingerprint density at radius 2 is 1.56 bits per heavy atom. The van der Waals surface area contributed by atoms with Crippen LogP contribution < -0.4 is 0 Å². The Balaban J connectivity index is 2.28. The molecule has 0 amide bonds. The summed E-state index contributed by atoms with van der Waals surface area (Å²) in [5.74, 6) is 0. The SMILES string of the molecule is O=S(=O)(/N=C/c1ccccc1)c1ccc(Br)cc1. The summed E-state index contributed by atoms with van der Waals surface area (Å²) in [7, 11) is -3.63. The Hall–Kier alpha value is -1.46. The lowest BCUT2D eigenvalue weighted by atomic mass is 10.2. The van der Waals surface area contributed by atoms with Crippen LogP contribution >= 0.6 is 15.9 Å². The molecule has 0 fully saturated rings. The smallest absolute Gasteiger partial charge is 0.199 e. The van der Waals surface area contributed by atoms with Crippen LogP contribution in [0.1, 0.15) is 5.56 Å². The van der Waals surface area contributed by atoms with E-state index in [4.69, 9.17) is 0 Å².